The van der Waals surface area contributed by atoms with Crippen LogP contribution >= 0.6 is 11.8 Å². The third-order valence-corrected chi connectivity index (χ3v) is 4.64. The van der Waals surface area contributed by atoms with Crippen molar-refractivity contribution in [2.75, 3.05) is 5.75 Å². The smallest absolute Gasteiger partial charge is 0.183 e. The van der Waals surface area contributed by atoms with Gasteiger partial charge < -0.3 is 0 Å². The fourth-order valence-electron chi connectivity index (χ4n) is 2.56. The van der Waals surface area contributed by atoms with E-state index in [4.69, 9.17) is 0 Å². The van der Waals surface area contributed by atoms with E-state index in [1.807, 2.05) is 11.8 Å². The number of nitrogens with one attached hydrogen (secondary N) is 1. The predicted octanol–water partition coefficient (Wildman–Crippen LogP) is 4.52. The molecule has 0 saturated heterocycles. The summed E-state index contributed by atoms with van der Waals surface area (Å²) >= 11 is 1.83. The van der Waals surface area contributed by atoms with Gasteiger partial charge in [0.15, 0.2) is 11.0 Å². The molecule has 0 bridgehead atoms. The summed E-state index contributed by atoms with van der Waals surface area (Å²) < 4.78 is 0. The van der Waals surface area contributed by atoms with Gasteiger partial charge in [-0.15, -0.1) is 0 Å². The van der Waals surface area contributed by atoms with Gasteiger partial charge >= 0.3 is 0 Å². The maximum Gasteiger partial charge on any atom is 0.183 e. The monoisotopic (exact) mass is 267 g/mol. The highest BCUT2D eigenvalue weighted by atomic mass is 32.2. The Morgan fingerprint density at radius 3 is 2.78 bits per heavy atom. The molecule has 0 aromatic carbocycles. The molecule has 4 heteroatoms. The lowest BCUT2D eigenvalue weighted by atomic mass is 9.89. The second kappa shape index (κ2) is 7.82. The van der Waals surface area contributed by atoms with Crippen LogP contribution in [0.1, 0.15) is 76.5 Å². The molecule has 1 aliphatic carbocycles. The van der Waals surface area contributed by atoms with Crippen LogP contribution < -0.4 is 0 Å². The minimum absolute atomic E-state index is 0.615. The molecule has 0 spiro atoms. The van der Waals surface area contributed by atoms with E-state index in [9.17, 15) is 0 Å². The molecular weight excluding hydrogens is 242 g/mol. The SMILES string of the molecule is CCCCCCSc1nc(C2CCCCC2)n[nH]1. The Bertz CT molecular complexity index is 332. The predicted molar refractivity (Wildman–Crippen MR) is 77.1 cm³/mol. The highest BCUT2D eigenvalue weighted by molar-refractivity contribution is 7.99. The molecule has 1 aromatic heterocycles. The van der Waals surface area contributed by atoms with Gasteiger partial charge in [-0.25, -0.2) is 4.98 Å². The van der Waals surface area contributed by atoms with Crippen molar-refractivity contribution in [1.29, 1.82) is 0 Å². The van der Waals surface area contributed by atoms with Gasteiger partial charge in [0.25, 0.3) is 0 Å². The Morgan fingerprint density at radius 1 is 1.17 bits per heavy atom. The number of nitrogens with zero attached hydrogens (tertiary/aromatic N) is 2. The highest BCUT2D eigenvalue weighted by Gasteiger charge is 2.19. The van der Waals surface area contributed by atoms with Gasteiger partial charge in [0.2, 0.25) is 0 Å². The number of rotatable bonds is 7. The molecule has 0 unspecified atom stereocenters. The lowest BCUT2D eigenvalue weighted by Crippen LogP contribution is -2.06. The maximum atomic E-state index is 4.65. The topological polar surface area (TPSA) is 41.6 Å². The molecule has 0 aliphatic heterocycles. The number of H-pyrrole nitrogens is 1. The van der Waals surface area contributed by atoms with E-state index >= 15 is 0 Å². The molecule has 0 radical (unpaired) electrons. The van der Waals surface area contributed by atoms with Crippen molar-refractivity contribution in [1.82, 2.24) is 15.2 Å². The first-order chi connectivity index (χ1) is 8.90. The molecule has 1 N–H and O–H groups in total. The molecule has 3 nitrogen and oxygen atoms in total. The summed E-state index contributed by atoms with van der Waals surface area (Å²) in [6.45, 7) is 2.25. The number of hydrogen-bond acceptors (Lipinski definition) is 3. The molecule has 2 rings (SSSR count). The Kier molecular flexibility index (Phi) is 6.05. The Hall–Kier alpha value is -0.510. The summed E-state index contributed by atoms with van der Waals surface area (Å²) in [7, 11) is 0. The summed E-state index contributed by atoms with van der Waals surface area (Å²) in [5.41, 5.74) is 0. The Labute approximate surface area is 115 Å². The van der Waals surface area contributed by atoms with Gasteiger partial charge in [-0.2, -0.15) is 5.10 Å². The van der Waals surface area contributed by atoms with E-state index in [1.54, 1.807) is 0 Å². The Balaban J connectivity index is 1.72. The Morgan fingerprint density at radius 2 is 2.00 bits per heavy atom. The zero-order chi connectivity index (χ0) is 12.6. The third kappa shape index (κ3) is 4.30. The van der Waals surface area contributed by atoms with Crippen LogP contribution in [0.15, 0.2) is 5.16 Å². The van der Waals surface area contributed by atoms with Crippen molar-refractivity contribution in [3.63, 3.8) is 0 Å². The number of unbranched alkanes of at least 4 members (excludes halogenated alkanes) is 3. The zero-order valence-corrected chi connectivity index (χ0v) is 12.3. The first-order valence-electron chi connectivity index (χ1n) is 7.45. The largest absolute Gasteiger partial charge is 0.254 e. The number of hydrogen-bond donors (Lipinski definition) is 1. The number of aromatic nitrogens is 3. The van der Waals surface area contributed by atoms with Crippen LogP contribution in [0.3, 0.4) is 0 Å². The summed E-state index contributed by atoms with van der Waals surface area (Å²) in [5, 5.41) is 8.51. The quantitative estimate of drug-likeness (QED) is 0.583. The minimum atomic E-state index is 0.615. The zero-order valence-electron chi connectivity index (χ0n) is 11.5. The maximum absolute atomic E-state index is 4.65. The van der Waals surface area contributed by atoms with Gasteiger partial charge in [-0.3, -0.25) is 5.10 Å². The fraction of sp³-hybridized carbons (Fsp3) is 0.857. The first kappa shape index (κ1) is 13.9. The minimum Gasteiger partial charge on any atom is -0.254 e. The average molecular weight is 267 g/mol. The van der Waals surface area contributed by atoms with E-state index in [0.29, 0.717) is 5.92 Å². The second-order valence-corrected chi connectivity index (χ2v) is 6.33. The lowest BCUT2D eigenvalue weighted by molar-refractivity contribution is 0.429. The van der Waals surface area contributed by atoms with Gasteiger partial charge in [-0.1, -0.05) is 57.2 Å². The summed E-state index contributed by atoms with van der Waals surface area (Å²) in [4.78, 5) is 4.65. The van der Waals surface area contributed by atoms with Gasteiger partial charge in [0.05, 0.1) is 0 Å². The van der Waals surface area contributed by atoms with Crippen LogP contribution in [0, 0.1) is 0 Å². The standard InChI is InChI=1S/C14H25N3S/c1-2-3-4-8-11-18-14-15-13(16-17-14)12-9-6-5-7-10-12/h12H,2-11H2,1H3,(H,15,16,17). The van der Waals surface area contributed by atoms with E-state index in [2.05, 4.69) is 22.1 Å². The molecule has 1 heterocycles. The third-order valence-electron chi connectivity index (χ3n) is 3.69. The van der Waals surface area contributed by atoms with Crippen LogP contribution in [-0.2, 0) is 0 Å². The van der Waals surface area contributed by atoms with Gasteiger partial charge in [0.1, 0.15) is 0 Å². The normalized spacial score (nSPS) is 17.2. The summed E-state index contributed by atoms with van der Waals surface area (Å²) in [5.74, 6) is 2.84. The number of aromatic amines is 1. The van der Waals surface area contributed by atoms with Crippen molar-refractivity contribution in [2.24, 2.45) is 0 Å². The van der Waals surface area contributed by atoms with Gasteiger partial charge in [0, 0.05) is 11.7 Å². The molecule has 1 aliphatic rings. The van der Waals surface area contributed by atoms with Crippen LogP contribution in [0.25, 0.3) is 0 Å². The molecule has 1 fully saturated rings. The fourth-order valence-corrected chi connectivity index (χ4v) is 3.37. The lowest BCUT2D eigenvalue weighted by Gasteiger charge is -2.17. The molecule has 1 saturated carbocycles. The summed E-state index contributed by atoms with van der Waals surface area (Å²) in [6, 6.07) is 0. The first-order valence-corrected chi connectivity index (χ1v) is 8.44. The van der Waals surface area contributed by atoms with Crippen molar-refractivity contribution in [3.8, 4) is 0 Å². The van der Waals surface area contributed by atoms with Crippen molar-refractivity contribution in [3.05, 3.63) is 5.82 Å². The molecule has 18 heavy (non-hydrogen) atoms. The van der Waals surface area contributed by atoms with Crippen LogP contribution in [0.5, 0.6) is 0 Å². The molecule has 0 amide bonds. The molecule has 102 valence electrons. The number of thioether (sulfide) groups is 1. The van der Waals surface area contributed by atoms with Crippen LogP contribution in [-0.4, -0.2) is 20.9 Å². The van der Waals surface area contributed by atoms with E-state index in [1.165, 1.54) is 63.5 Å². The van der Waals surface area contributed by atoms with Crippen molar-refractivity contribution >= 4 is 11.8 Å². The van der Waals surface area contributed by atoms with E-state index < -0.39 is 0 Å². The van der Waals surface area contributed by atoms with E-state index in [0.717, 1.165) is 11.0 Å². The average Bonchev–Trinajstić information content (AvgIpc) is 2.88. The van der Waals surface area contributed by atoms with E-state index in [-0.39, 0.29) is 0 Å². The second-order valence-electron chi connectivity index (χ2n) is 5.24. The van der Waals surface area contributed by atoms with Crippen molar-refractivity contribution < 1.29 is 0 Å². The van der Waals surface area contributed by atoms with Crippen molar-refractivity contribution in [2.45, 2.75) is 75.8 Å². The highest BCUT2D eigenvalue weighted by Crippen LogP contribution is 2.31. The molecule has 1 aromatic rings. The van der Waals surface area contributed by atoms with Gasteiger partial charge in [-0.05, 0) is 19.3 Å². The molecular formula is C14H25N3S. The van der Waals surface area contributed by atoms with Crippen LogP contribution in [0.2, 0.25) is 0 Å². The summed E-state index contributed by atoms with van der Waals surface area (Å²) in [6.07, 6.45) is 11.9. The van der Waals surface area contributed by atoms with Crippen LogP contribution in [0.4, 0.5) is 0 Å². The molecule has 0 atom stereocenters.